The molecule has 0 saturated heterocycles. The highest BCUT2D eigenvalue weighted by molar-refractivity contribution is 5.95. The highest BCUT2D eigenvalue weighted by atomic mass is 16.5. The number of amides is 1. The van der Waals surface area contributed by atoms with Crippen LogP contribution in [0.2, 0.25) is 0 Å². The van der Waals surface area contributed by atoms with E-state index in [1.54, 1.807) is 7.11 Å². The maximum absolute atomic E-state index is 11.5. The van der Waals surface area contributed by atoms with E-state index < -0.39 is 0 Å². The molecule has 1 aliphatic heterocycles. The lowest BCUT2D eigenvalue weighted by Gasteiger charge is -2.27. The van der Waals surface area contributed by atoms with Gasteiger partial charge in [0.1, 0.15) is 0 Å². The Labute approximate surface area is 113 Å². The van der Waals surface area contributed by atoms with E-state index in [-0.39, 0.29) is 5.91 Å². The number of hydrogen-bond donors (Lipinski definition) is 2. The van der Waals surface area contributed by atoms with Crippen LogP contribution in [0.5, 0.6) is 0 Å². The van der Waals surface area contributed by atoms with Crippen molar-refractivity contribution in [2.75, 3.05) is 42.8 Å². The van der Waals surface area contributed by atoms with Gasteiger partial charge in [-0.3, -0.25) is 4.79 Å². The number of nitrogen functional groups attached to an aromatic ring is 1. The Hall–Kier alpha value is -1.75. The van der Waals surface area contributed by atoms with Crippen LogP contribution in [-0.4, -0.2) is 32.7 Å². The number of carbonyl (C=O) groups excluding carboxylic acids is 1. The number of anilines is 3. The van der Waals surface area contributed by atoms with Crippen molar-refractivity contribution in [3.8, 4) is 0 Å². The van der Waals surface area contributed by atoms with Crippen LogP contribution in [0, 0.1) is 0 Å². The molecule has 0 bridgehead atoms. The summed E-state index contributed by atoms with van der Waals surface area (Å²) in [6.45, 7) is 4.36. The van der Waals surface area contributed by atoms with Crippen molar-refractivity contribution in [3.05, 3.63) is 17.7 Å². The topological polar surface area (TPSA) is 67.6 Å². The molecule has 1 aliphatic rings. The lowest BCUT2D eigenvalue weighted by atomic mass is 10.0. The zero-order valence-electron chi connectivity index (χ0n) is 11.5. The van der Waals surface area contributed by atoms with Crippen molar-refractivity contribution in [3.63, 3.8) is 0 Å². The number of methoxy groups -OCH3 is 1. The minimum atomic E-state index is 0.0724. The molecule has 0 fully saturated rings. The van der Waals surface area contributed by atoms with Gasteiger partial charge < -0.3 is 20.7 Å². The molecule has 0 radical (unpaired) electrons. The van der Waals surface area contributed by atoms with Gasteiger partial charge in [0.05, 0.1) is 18.0 Å². The first-order chi connectivity index (χ1) is 9.15. The van der Waals surface area contributed by atoms with Crippen LogP contribution in [-0.2, 0) is 16.0 Å². The number of likely N-dealkylation sites (N-methyl/N-ethyl adjacent to an activating group) is 1. The molecule has 5 heteroatoms. The molecular weight excluding hydrogens is 242 g/mol. The molecule has 1 amide bonds. The number of ether oxygens (including phenoxy) is 1. The van der Waals surface area contributed by atoms with Crippen molar-refractivity contribution < 1.29 is 9.53 Å². The van der Waals surface area contributed by atoms with Gasteiger partial charge in [-0.15, -0.1) is 0 Å². The van der Waals surface area contributed by atoms with Crippen LogP contribution >= 0.6 is 0 Å². The van der Waals surface area contributed by atoms with Crippen LogP contribution < -0.4 is 16.0 Å². The average molecular weight is 263 g/mol. The van der Waals surface area contributed by atoms with E-state index in [4.69, 9.17) is 10.5 Å². The quantitative estimate of drug-likeness (QED) is 0.792. The van der Waals surface area contributed by atoms with Crippen LogP contribution in [0.3, 0.4) is 0 Å². The smallest absolute Gasteiger partial charge is 0.224 e. The van der Waals surface area contributed by atoms with Gasteiger partial charge in [0.25, 0.3) is 0 Å². The Morgan fingerprint density at radius 3 is 2.89 bits per heavy atom. The Morgan fingerprint density at radius 1 is 1.42 bits per heavy atom. The van der Waals surface area contributed by atoms with Gasteiger partial charge in [0.2, 0.25) is 5.91 Å². The normalized spacial score (nSPS) is 13.9. The Kier molecular flexibility index (Phi) is 4.27. The van der Waals surface area contributed by atoms with E-state index in [1.807, 2.05) is 12.1 Å². The maximum Gasteiger partial charge on any atom is 0.224 e. The molecule has 104 valence electrons. The largest absolute Gasteiger partial charge is 0.397 e. The molecule has 3 N–H and O–H groups in total. The number of carbonyl (C=O) groups is 1. The molecule has 0 aliphatic carbocycles. The summed E-state index contributed by atoms with van der Waals surface area (Å²) in [6.07, 6.45) is 1.29. The minimum Gasteiger partial charge on any atom is -0.397 e. The fourth-order valence-corrected chi connectivity index (χ4v) is 2.36. The van der Waals surface area contributed by atoms with Gasteiger partial charge in [-0.2, -0.15) is 0 Å². The first-order valence-corrected chi connectivity index (χ1v) is 6.61. The third-order valence-corrected chi connectivity index (χ3v) is 3.44. The van der Waals surface area contributed by atoms with E-state index in [2.05, 4.69) is 17.1 Å². The number of hydrogen-bond acceptors (Lipinski definition) is 4. The molecule has 5 nitrogen and oxygen atoms in total. The number of fused-ring (bicyclic) bond motifs is 1. The molecular formula is C14H21N3O2. The van der Waals surface area contributed by atoms with Gasteiger partial charge in [-0.05, 0) is 31.0 Å². The Balaban J connectivity index is 2.29. The molecule has 19 heavy (non-hydrogen) atoms. The zero-order valence-corrected chi connectivity index (χ0v) is 11.5. The first kappa shape index (κ1) is 13.7. The second-order valence-electron chi connectivity index (χ2n) is 4.69. The van der Waals surface area contributed by atoms with Gasteiger partial charge in [0.15, 0.2) is 0 Å². The summed E-state index contributed by atoms with van der Waals surface area (Å²) < 4.78 is 5.11. The standard InChI is InChI=1S/C14H21N3O2/c1-3-17(6-7-19-2)13-9-12-10(8-11(13)15)4-5-14(18)16-12/h8-9H,3-7,15H2,1-2H3,(H,16,18). The van der Waals surface area contributed by atoms with Gasteiger partial charge >= 0.3 is 0 Å². The van der Waals surface area contributed by atoms with Crippen molar-refractivity contribution in [1.82, 2.24) is 0 Å². The number of rotatable bonds is 5. The predicted octanol–water partition coefficient (Wildman–Crippen LogP) is 1.63. The highest BCUT2D eigenvalue weighted by Gasteiger charge is 2.18. The molecule has 1 heterocycles. The summed E-state index contributed by atoms with van der Waals surface area (Å²) in [5, 5.41) is 2.91. The van der Waals surface area contributed by atoms with Gasteiger partial charge in [-0.25, -0.2) is 0 Å². The predicted molar refractivity (Wildman–Crippen MR) is 77.6 cm³/mol. The molecule has 1 aromatic carbocycles. The SMILES string of the molecule is CCN(CCOC)c1cc2c(cc1N)CCC(=O)N2. The van der Waals surface area contributed by atoms with E-state index in [0.29, 0.717) is 13.0 Å². The number of benzene rings is 1. The van der Waals surface area contributed by atoms with Crippen LogP contribution in [0.4, 0.5) is 17.1 Å². The summed E-state index contributed by atoms with van der Waals surface area (Å²) in [4.78, 5) is 13.6. The lowest BCUT2D eigenvalue weighted by Crippen LogP contribution is -2.28. The average Bonchev–Trinajstić information content (AvgIpc) is 2.40. The fraction of sp³-hybridized carbons (Fsp3) is 0.500. The number of nitrogens with one attached hydrogen (secondary N) is 1. The van der Waals surface area contributed by atoms with Crippen LogP contribution in [0.15, 0.2) is 12.1 Å². The monoisotopic (exact) mass is 263 g/mol. The summed E-state index contributed by atoms with van der Waals surface area (Å²) in [6, 6.07) is 3.94. The molecule has 1 aromatic rings. The summed E-state index contributed by atoms with van der Waals surface area (Å²) >= 11 is 0. The number of aryl methyl sites for hydroxylation is 1. The van der Waals surface area contributed by atoms with Crippen molar-refractivity contribution >= 4 is 23.0 Å². The van der Waals surface area contributed by atoms with E-state index in [9.17, 15) is 4.79 Å². The van der Waals surface area contributed by atoms with E-state index >= 15 is 0 Å². The first-order valence-electron chi connectivity index (χ1n) is 6.61. The second kappa shape index (κ2) is 5.93. The third-order valence-electron chi connectivity index (χ3n) is 3.44. The molecule has 0 saturated carbocycles. The fourth-order valence-electron chi connectivity index (χ4n) is 2.36. The van der Waals surface area contributed by atoms with Crippen molar-refractivity contribution in [1.29, 1.82) is 0 Å². The second-order valence-corrected chi connectivity index (χ2v) is 4.69. The zero-order chi connectivity index (χ0) is 13.8. The Morgan fingerprint density at radius 2 is 2.21 bits per heavy atom. The molecule has 0 spiro atoms. The van der Waals surface area contributed by atoms with Crippen molar-refractivity contribution in [2.24, 2.45) is 0 Å². The molecule has 0 aromatic heterocycles. The van der Waals surface area contributed by atoms with Crippen molar-refractivity contribution in [2.45, 2.75) is 19.8 Å². The highest BCUT2D eigenvalue weighted by Crippen LogP contribution is 2.33. The third kappa shape index (κ3) is 2.98. The number of nitrogens with two attached hydrogens (primary N) is 1. The van der Waals surface area contributed by atoms with Crippen LogP contribution in [0.1, 0.15) is 18.9 Å². The molecule has 0 atom stereocenters. The maximum atomic E-state index is 11.5. The summed E-state index contributed by atoms with van der Waals surface area (Å²) in [5.74, 6) is 0.0724. The number of nitrogens with zero attached hydrogens (tertiary/aromatic N) is 1. The summed E-state index contributed by atoms with van der Waals surface area (Å²) in [5.41, 5.74) is 9.85. The van der Waals surface area contributed by atoms with E-state index in [1.165, 1.54) is 0 Å². The minimum absolute atomic E-state index is 0.0724. The van der Waals surface area contributed by atoms with Gasteiger partial charge in [-0.1, -0.05) is 0 Å². The Bertz CT molecular complexity index is 474. The summed E-state index contributed by atoms with van der Waals surface area (Å²) in [7, 11) is 1.68. The molecule has 2 rings (SSSR count). The lowest BCUT2D eigenvalue weighted by molar-refractivity contribution is -0.116. The molecule has 0 unspecified atom stereocenters. The van der Waals surface area contributed by atoms with E-state index in [0.717, 1.165) is 42.1 Å². The van der Waals surface area contributed by atoms with Gasteiger partial charge in [0, 0.05) is 32.3 Å². The van der Waals surface area contributed by atoms with Crippen LogP contribution in [0.25, 0.3) is 0 Å².